The second-order valence-corrected chi connectivity index (χ2v) is 7.94. The van der Waals surface area contributed by atoms with Crippen molar-refractivity contribution in [1.82, 2.24) is 19.9 Å². The van der Waals surface area contributed by atoms with E-state index in [0.29, 0.717) is 47.5 Å². The maximum atomic E-state index is 13.9. The first-order valence-corrected chi connectivity index (χ1v) is 10.6. The summed E-state index contributed by atoms with van der Waals surface area (Å²) in [6.45, 7) is 2.88. The molecule has 1 amide bonds. The molecule has 0 unspecified atom stereocenters. The van der Waals surface area contributed by atoms with Gasteiger partial charge < -0.3 is 16.0 Å². The minimum absolute atomic E-state index is 0.0680. The van der Waals surface area contributed by atoms with Crippen molar-refractivity contribution in [3.8, 4) is 11.1 Å². The molecule has 5 heterocycles. The quantitative estimate of drug-likeness (QED) is 0.588. The topological polar surface area (TPSA) is 122 Å². The van der Waals surface area contributed by atoms with Crippen molar-refractivity contribution in [3.63, 3.8) is 0 Å². The lowest BCUT2D eigenvalue weighted by molar-refractivity contribution is -0.137. The Balaban J connectivity index is 1.72. The fourth-order valence-corrected chi connectivity index (χ4v) is 4.24. The first-order chi connectivity index (χ1) is 16.7. The number of carbonyl (C=O) groups excluding carboxylic acids is 1. The smallest absolute Gasteiger partial charge is 0.364 e. The first kappa shape index (κ1) is 22.4. The van der Waals surface area contributed by atoms with Crippen LogP contribution in [0.4, 0.5) is 24.9 Å². The summed E-state index contributed by atoms with van der Waals surface area (Å²) in [4.78, 5) is 35.5. The van der Waals surface area contributed by atoms with Gasteiger partial charge in [-0.2, -0.15) is 18.2 Å². The average molecular weight is 480 g/mol. The van der Waals surface area contributed by atoms with Crippen molar-refractivity contribution in [2.75, 3.05) is 30.4 Å². The standard InChI is InChI=1S/C23H19F3N8O/c1-11-14(15-8-13-10-32-22(28-2)33-20(13)34-6-5-30-21(15)34)7-12(9-31-11)17-16(23(24,25)26)3-4-29-18(17)19(27)35/h3-4,7-10H,5-6H2,1-2H3,(H2,27,35)(H,28,32,33). The highest BCUT2D eigenvalue weighted by atomic mass is 19.4. The number of hydrogen-bond donors (Lipinski definition) is 2. The van der Waals surface area contributed by atoms with Crippen molar-refractivity contribution < 1.29 is 18.0 Å². The summed E-state index contributed by atoms with van der Waals surface area (Å²) in [5.74, 6) is 0.719. The van der Waals surface area contributed by atoms with E-state index in [1.165, 1.54) is 6.20 Å². The zero-order chi connectivity index (χ0) is 24.9. The van der Waals surface area contributed by atoms with Gasteiger partial charge in [0.05, 0.1) is 12.1 Å². The molecule has 3 aromatic heterocycles. The van der Waals surface area contributed by atoms with Crippen LogP contribution in [0.5, 0.6) is 0 Å². The van der Waals surface area contributed by atoms with Crippen LogP contribution in [0.3, 0.4) is 0 Å². The number of amides is 1. The highest BCUT2D eigenvalue weighted by Crippen LogP contribution is 2.41. The summed E-state index contributed by atoms with van der Waals surface area (Å²) in [5, 5.41) is 2.91. The van der Waals surface area contributed by atoms with Gasteiger partial charge in [0.1, 0.15) is 17.3 Å². The molecule has 35 heavy (non-hydrogen) atoms. The molecule has 0 radical (unpaired) electrons. The van der Waals surface area contributed by atoms with Gasteiger partial charge in [-0.1, -0.05) is 0 Å². The molecule has 0 saturated heterocycles. The Morgan fingerprint density at radius 2 is 2.00 bits per heavy atom. The number of aliphatic imine (C=N–C) groups is 1. The monoisotopic (exact) mass is 480 g/mol. The number of carbonyl (C=O) groups is 1. The first-order valence-electron chi connectivity index (χ1n) is 10.6. The van der Waals surface area contributed by atoms with Crippen molar-refractivity contribution >= 4 is 35.2 Å². The number of rotatable bonds is 4. The molecule has 0 fully saturated rings. The fraction of sp³-hybridized carbons (Fsp3) is 0.217. The second kappa shape index (κ2) is 8.15. The van der Waals surface area contributed by atoms with Crippen LogP contribution in [0.25, 0.3) is 22.8 Å². The molecular weight excluding hydrogens is 461 g/mol. The Morgan fingerprint density at radius 3 is 2.71 bits per heavy atom. The van der Waals surface area contributed by atoms with Gasteiger partial charge in [0, 0.05) is 65.7 Å². The zero-order valence-corrected chi connectivity index (χ0v) is 18.7. The van der Waals surface area contributed by atoms with Crippen LogP contribution in [0.2, 0.25) is 0 Å². The number of nitrogens with two attached hydrogens (primary N) is 1. The molecule has 2 aliphatic rings. The molecule has 0 bridgehead atoms. The lowest BCUT2D eigenvalue weighted by Crippen LogP contribution is -2.32. The SMILES string of the molecule is CNc1ncc2c(n1)N1CCN=C1C(c1cc(-c3c(C(F)(F)F)ccnc3C(N)=O)cnc1C)=C2. The molecular formula is C23H19F3N8O. The van der Waals surface area contributed by atoms with E-state index in [1.807, 2.05) is 11.0 Å². The molecule has 9 nitrogen and oxygen atoms in total. The summed E-state index contributed by atoms with van der Waals surface area (Å²) in [6.07, 6.45) is 0.979. The summed E-state index contributed by atoms with van der Waals surface area (Å²) in [7, 11) is 1.72. The van der Waals surface area contributed by atoms with Crippen molar-refractivity contribution in [2.24, 2.45) is 10.7 Å². The van der Waals surface area contributed by atoms with Crippen LogP contribution >= 0.6 is 0 Å². The Hall–Kier alpha value is -4.35. The van der Waals surface area contributed by atoms with Gasteiger partial charge in [0.25, 0.3) is 5.91 Å². The molecule has 3 N–H and O–H groups in total. The zero-order valence-electron chi connectivity index (χ0n) is 18.7. The third kappa shape index (κ3) is 3.76. The maximum absolute atomic E-state index is 13.9. The number of nitrogens with one attached hydrogen (secondary N) is 1. The largest absolute Gasteiger partial charge is 0.417 e. The van der Waals surface area contributed by atoms with E-state index < -0.39 is 28.9 Å². The number of aromatic nitrogens is 4. The van der Waals surface area contributed by atoms with E-state index in [4.69, 9.17) is 5.73 Å². The molecule has 178 valence electrons. The van der Waals surface area contributed by atoms with Crippen LogP contribution in [0.1, 0.15) is 32.9 Å². The second-order valence-electron chi connectivity index (χ2n) is 7.94. The molecule has 0 saturated carbocycles. The van der Waals surface area contributed by atoms with Crippen LogP contribution in [0.15, 0.2) is 35.7 Å². The normalized spacial score (nSPS) is 14.7. The fourth-order valence-electron chi connectivity index (χ4n) is 4.24. The third-order valence-corrected chi connectivity index (χ3v) is 5.81. The van der Waals surface area contributed by atoms with Crippen LogP contribution in [0, 0.1) is 6.92 Å². The number of amidine groups is 1. The van der Waals surface area contributed by atoms with E-state index in [9.17, 15) is 18.0 Å². The van der Waals surface area contributed by atoms with Gasteiger partial charge in [-0.25, -0.2) is 4.98 Å². The van der Waals surface area contributed by atoms with Crippen molar-refractivity contribution in [2.45, 2.75) is 13.1 Å². The Labute approximate surface area is 197 Å². The molecule has 0 atom stereocenters. The molecule has 12 heteroatoms. The molecule has 2 aliphatic heterocycles. The van der Waals surface area contributed by atoms with Gasteiger partial charge in [-0.15, -0.1) is 0 Å². The van der Waals surface area contributed by atoms with Crippen molar-refractivity contribution in [3.05, 3.63) is 58.8 Å². The van der Waals surface area contributed by atoms with Gasteiger partial charge in [-0.3, -0.25) is 19.8 Å². The lowest BCUT2D eigenvalue weighted by atomic mass is 9.92. The number of halogens is 3. The van der Waals surface area contributed by atoms with Crippen LogP contribution in [-0.4, -0.2) is 51.8 Å². The summed E-state index contributed by atoms with van der Waals surface area (Å²) < 4.78 is 41.6. The van der Waals surface area contributed by atoms with Crippen LogP contribution in [-0.2, 0) is 6.18 Å². The van der Waals surface area contributed by atoms with E-state index in [-0.39, 0.29) is 5.56 Å². The van der Waals surface area contributed by atoms with E-state index in [2.05, 4.69) is 30.2 Å². The molecule has 5 rings (SSSR count). The van der Waals surface area contributed by atoms with Gasteiger partial charge in [0.2, 0.25) is 5.95 Å². The number of primary amides is 1. The predicted molar refractivity (Wildman–Crippen MR) is 125 cm³/mol. The maximum Gasteiger partial charge on any atom is 0.417 e. The molecule has 0 aromatic carbocycles. The number of aryl methyl sites for hydroxylation is 1. The minimum Gasteiger partial charge on any atom is -0.364 e. The highest BCUT2D eigenvalue weighted by Gasteiger charge is 2.37. The van der Waals surface area contributed by atoms with Crippen LogP contribution < -0.4 is 16.0 Å². The van der Waals surface area contributed by atoms with Gasteiger partial charge in [0.15, 0.2) is 0 Å². The number of anilines is 2. The Kier molecular flexibility index (Phi) is 5.23. The number of pyridine rings is 2. The highest BCUT2D eigenvalue weighted by molar-refractivity contribution is 6.36. The minimum atomic E-state index is -4.73. The predicted octanol–water partition coefficient (Wildman–Crippen LogP) is 3.17. The van der Waals surface area contributed by atoms with Crippen molar-refractivity contribution in [1.29, 1.82) is 0 Å². The van der Waals surface area contributed by atoms with E-state index in [1.54, 1.807) is 26.2 Å². The number of fused-ring (bicyclic) bond motifs is 3. The molecule has 3 aromatic rings. The number of nitrogens with zero attached hydrogens (tertiary/aromatic N) is 6. The lowest BCUT2D eigenvalue weighted by Gasteiger charge is -2.28. The molecule has 0 aliphatic carbocycles. The Bertz CT molecular complexity index is 1430. The Morgan fingerprint density at radius 1 is 1.20 bits per heavy atom. The summed E-state index contributed by atoms with van der Waals surface area (Å²) >= 11 is 0. The molecule has 0 spiro atoms. The summed E-state index contributed by atoms with van der Waals surface area (Å²) in [6, 6.07) is 2.37. The van der Waals surface area contributed by atoms with Gasteiger partial charge >= 0.3 is 6.18 Å². The van der Waals surface area contributed by atoms with E-state index >= 15 is 0 Å². The summed E-state index contributed by atoms with van der Waals surface area (Å²) in [5.41, 5.74) is 6.07. The number of hydrogen-bond acceptors (Lipinski definition) is 8. The van der Waals surface area contributed by atoms with E-state index in [0.717, 1.165) is 17.8 Å². The average Bonchev–Trinajstić information content (AvgIpc) is 3.33. The number of alkyl halides is 3. The van der Waals surface area contributed by atoms with Gasteiger partial charge in [-0.05, 0) is 25.1 Å². The third-order valence-electron chi connectivity index (χ3n) is 5.81.